The molecule has 0 bridgehead atoms. The number of aryl methyl sites for hydroxylation is 2. The summed E-state index contributed by atoms with van der Waals surface area (Å²) >= 11 is 6.51. The van der Waals surface area contributed by atoms with Gasteiger partial charge in [-0.25, -0.2) is 12.4 Å². The average molecular weight is 600 g/mol. The molecular weight excluding hydrogens is 576 g/mol. The number of aromatic nitrogens is 3. The number of rotatable bonds is 8. The minimum atomic E-state index is -4.27. The van der Waals surface area contributed by atoms with Crippen molar-refractivity contribution in [3.05, 3.63) is 111 Å². The van der Waals surface area contributed by atoms with E-state index in [9.17, 15) is 26.8 Å². The lowest BCUT2D eigenvalue weighted by molar-refractivity contribution is -0.130. The smallest absolute Gasteiger partial charge is 0.321 e. The summed E-state index contributed by atoms with van der Waals surface area (Å²) < 4.78 is 60.1. The first kappa shape index (κ1) is 28.5. The van der Waals surface area contributed by atoms with E-state index in [0.29, 0.717) is 22.3 Å². The standard InChI is InChI=1S/C29H24ClF2N3O5S/c1-18-8-10-20(11-9-18)41(38,39)35-25(30)14-22-24(16-33(2)28(37)27(22)35)21-15-26(36)34(12-13-40-29(31)32)17-23(21)19-6-4-3-5-7-19/h3-11,14-17,29H,12-13H2,1-2H3. The van der Waals surface area contributed by atoms with E-state index in [1.165, 1.54) is 52.8 Å². The van der Waals surface area contributed by atoms with Crippen molar-refractivity contribution in [3.8, 4) is 22.3 Å². The minimum Gasteiger partial charge on any atom is -0.321 e. The van der Waals surface area contributed by atoms with Crippen LogP contribution in [0.2, 0.25) is 5.15 Å². The van der Waals surface area contributed by atoms with Crippen molar-refractivity contribution in [3.63, 3.8) is 0 Å². The molecule has 0 saturated heterocycles. The molecule has 0 unspecified atom stereocenters. The molecule has 2 aromatic carbocycles. The van der Waals surface area contributed by atoms with E-state index in [1.807, 2.05) is 25.1 Å². The number of hydrogen-bond acceptors (Lipinski definition) is 5. The molecule has 8 nitrogen and oxygen atoms in total. The third-order valence-electron chi connectivity index (χ3n) is 6.69. The number of alkyl halides is 2. The van der Waals surface area contributed by atoms with Crippen molar-refractivity contribution in [2.75, 3.05) is 6.61 Å². The number of ether oxygens (including phenoxy) is 1. The van der Waals surface area contributed by atoms with Gasteiger partial charge in [0.15, 0.2) is 0 Å². The molecule has 0 atom stereocenters. The molecular formula is C29H24ClF2N3O5S. The summed E-state index contributed by atoms with van der Waals surface area (Å²) in [5, 5.41) is 0.0213. The number of fused-ring (bicyclic) bond motifs is 1. The second kappa shape index (κ2) is 11.1. The van der Waals surface area contributed by atoms with Crippen LogP contribution in [0.15, 0.2) is 93.6 Å². The Labute approximate surface area is 238 Å². The Morgan fingerprint density at radius 2 is 1.61 bits per heavy atom. The van der Waals surface area contributed by atoms with E-state index in [1.54, 1.807) is 24.3 Å². The van der Waals surface area contributed by atoms with E-state index in [2.05, 4.69) is 4.74 Å². The van der Waals surface area contributed by atoms with Crippen molar-refractivity contribution in [2.45, 2.75) is 25.0 Å². The van der Waals surface area contributed by atoms with Crippen molar-refractivity contribution in [2.24, 2.45) is 7.05 Å². The van der Waals surface area contributed by atoms with Gasteiger partial charge in [-0.2, -0.15) is 8.78 Å². The molecule has 5 aromatic rings. The van der Waals surface area contributed by atoms with Gasteiger partial charge in [-0.05, 0) is 36.2 Å². The highest BCUT2D eigenvalue weighted by atomic mass is 35.5. The molecule has 12 heteroatoms. The molecule has 0 saturated carbocycles. The van der Waals surface area contributed by atoms with Gasteiger partial charge >= 0.3 is 6.61 Å². The summed E-state index contributed by atoms with van der Waals surface area (Å²) in [5.74, 6) is 0. The lowest BCUT2D eigenvalue weighted by Gasteiger charge is -2.16. The minimum absolute atomic E-state index is 0.0476. The zero-order valence-corrected chi connectivity index (χ0v) is 23.5. The van der Waals surface area contributed by atoms with Gasteiger partial charge in [-0.3, -0.25) is 9.59 Å². The van der Waals surface area contributed by atoms with Crippen LogP contribution in [0.5, 0.6) is 0 Å². The number of nitrogens with zero attached hydrogens (tertiary/aromatic N) is 3. The second-order valence-electron chi connectivity index (χ2n) is 9.40. The van der Waals surface area contributed by atoms with E-state index in [0.717, 1.165) is 9.54 Å². The van der Waals surface area contributed by atoms with Gasteiger partial charge in [0, 0.05) is 48.6 Å². The molecule has 0 amide bonds. The summed E-state index contributed by atoms with van der Waals surface area (Å²) in [6.45, 7) is -1.66. The van der Waals surface area contributed by atoms with Crippen molar-refractivity contribution in [1.82, 2.24) is 13.1 Å². The fourth-order valence-electron chi connectivity index (χ4n) is 4.68. The van der Waals surface area contributed by atoms with Gasteiger partial charge in [-0.15, -0.1) is 0 Å². The van der Waals surface area contributed by atoms with E-state index >= 15 is 0 Å². The molecule has 0 aliphatic heterocycles. The van der Waals surface area contributed by atoms with Crippen molar-refractivity contribution >= 4 is 32.5 Å². The van der Waals surface area contributed by atoms with Gasteiger partial charge < -0.3 is 13.9 Å². The first-order valence-electron chi connectivity index (χ1n) is 12.4. The highest BCUT2D eigenvalue weighted by molar-refractivity contribution is 7.90. The Morgan fingerprint density at radius 1 is 0.927 bits per heavy atom. The highest BCUT2D eigenvalue weighted by Gasteiger charge is 2.27. The SMILES string of the molecule is Cc1ccc(S(=O)(=O)n2c(Cl)cc3c(-c4cc(=O)n(CCOC(F)F)cc4-c4ccccc4)cn(C)c(=O)c32)cc1. The Morgan fingerprint density at radius 3 is 2.27 bits per heavy atom. The quantitative estimate of drug-likeness (QED) is 0.242. The number of halogens is 3. The molecule has 41 heavy (non-hydrogen) atoms. The third-order valence-corrected chi connectivity index (χ3v) is 8.79. The van der Waals surface area contributed by atoms with E-state index < -0.39 is 27.8 Å². The monoisotopic (exact) mass is 599 g/mol. The largest absolute Gasteiger partial charge is 0.345 e. The molecule has 0 aliphatic carbocycles. The summed E-state index contributed by atoms with van der Waals surface area (Å²) in [6.07, 6.45) is 3.04. The summed E-state index contributed by atoms with van der Waals surface area (Å²) in [6, 6.07) is 17.9. The molecule has 0 spiro atoms. The number of pyridine rings is 2. The topological polar surface area (TPSA) is 92.3 Å². The fourth-order valence-corrected chi connectivity index (χ4v) is 6.54. The lowest BCUT2D eigenvalue weighted by atomic mass is 9.95. The number of hydrogen-bond donors (Lipinski definition) is 0. The van der Waals surface area contributed by atoms with E-state index in [-0.39, 0.29) is 34.1 Å². The fraction of sp³-hybridized carbons (Fsp3) is 0.172. The predicted molar refractivity (Wildman–Crippen MR) is 153 cm³/mol. The van der Waals surface area contributed by atoms with E-state index in [4.69, 9.17) is 11.6 Å². The average Bonchev–Trinajstić information content (AvgIpc) is 3.30. The Hall–Kier alpha value is -4.06. The third kappa shape index (κ3) is 5.35. The molecule has 0 N–H and O–H groups in total. The van der Waals surface area contributed by atoms with Crippen LogP contribution in [-0.2, 0) is 28.4 Å². The number of benzene rings is 2. The van der Waals surface area contributed by atoms with Gasteiger partial charge in [0.1, 0.15) is 10.7 Å². The Balaban J connectivity index is 1.79. The van der Waals surface area contributed by atoms with Crippen LogP contribution < -0.4 is 11.1 Å². The van der Waals surface area contributed by atoms with Gasteiger partial charge in [0.2, 0.25) is 0 Å². The maximum atomic E-state index is 13.7. The maximum Gasteiger partial charge on any atom is 0.345 e. The molecule has 0 aliphatic rings. The van der Waals surface area contributed by atoms with Gasteiger partial charge in [0.25, 0.3) is 21.1 Å². The van der Waals surface area contributed by atoms with Crippen LogP contribution in [0, 0.1) is 6.92 Å². The van der Waals surface area contributed by atoms with Crippen molar-refractivity contribution in [1.29, 1.82) is 0 Å². The zero-order valence-electron chi connectivity index (χ0n) is 21.9. The maximum absolute atomic E-state index is 13.7. The van der Waals surface area contributed by atoms with Crippen LogP contribution in [-0.4, -0.2) is 34.7 Å². The zero-order chi connectivity index (χ0) is 29.5. The first-order valence-corrected chi connectivity index (χ1v) is 14.2. The second-order valence-corrected chi connectivity index (χ2v) is 11.6. The van der Waals surface area contributed by atoms with Gasteiger partial charge in [-0.1, -0.05) is 59.6 Å². The lowest BCUT2D eigenvalue weighted by Crippen LogP contribution is -2.24. The summed E-state index contributed by atoms with van der Waals surface area (Å²) in [4.78, 5) is 26.5. The first-order chi connectivity index (χ1) is 19.5. The van der Waals surface area contributed by atoms with Crippen molar-refractivity contribution < 1.29 is 21.9 Å². The normalized spacial score (nSPS) is 12.0. The molecule has 5 rings (SSSR count). The van der Waals surface area contributed by atoms with Gasteiger partial charge in [0.05, 0.1) is 11.5 Å². The molecule has 212 valence electrons. The van der Waals surface area contributed by atoms with Crippen LogP contribution in [0.25, 0.3) is 33.2 Å². The molecule has 0 radical (unpaired) electrons. The highest BCUT2D eigenvalue weighted by Crippen LogP contribution is 2.37. The Bertz CT molecular complexity index is 1980. The summed E-state index contributed by atoms with van der Waals surface area (Å²) in [5.41, 5.74) is 1.60. The van der Waals surface area contributed by atoms with Crippen LogP contribution in [0.1, 0.15) is 5.56 Å². The predicted octanol–water partition coefficient (Wildman–Crippen LogP) is 5.27. The Kier molecular flexibility index (Phi) is 7.69. The van der Waals surface area contributed by atoms with Crippen LogP contribution in [0.3, 0.4) is 0 Å². The van der Waals surface area contributed by atoms with Crippen LogP contribution >= 0.6 is 11.6 Å². The molecule has 3 heterocycles. The molecule has 3 aromatic heterocycles. The van der Waals surface area contributed by atoms with Crippen LogP contribution in [0.4, 0.5) is 8.78 Å². The molecule has 0 fully saturated rings. The summed E-state index contributed by atoms with van der Waals surface area (Å²) in [7, 11) is -2.80.